The second kappa shape index (κ2) is 16.0. The number of hydrogen-bond acceptors (Lipinski definition) is 10. The molecule has 0 spiro atoms. The fraction of sp³-hybridized carbons (Fsp3) is 0.556. The van der Waals surface area contributed by atoms with Crippen LogP contribution in [0.15, 0.2) is 34.1 Å². The number of nitrogens with zero attached hydrogens (tertiary/aromatic N) is 2. The molecule has 41 heavy (non-hydrogen) atoms. The van der Waals surface area contributed by atoms with Gasteiger partial charge in [0.25, 0.3) is 20.0 Å². The molecule has 2 aromatic rings. The van der Waals surface area contributed by atoms with E-state index in [9.17, 15) is 16.8 Å². The molecule has 12 nitrogen and oxygen atoms in total. The summed E-state index contributed by atoms with van der Waals surface area (Å²) in [5.74, 6) is 10.2. The Hall–Kier alpha value is -1.98. The van der Waals surface area contributed by atoms with Gasteiger partial charge in [-0.25, -0.2) is 28.6 Å². The molecular formula is C27H44N4O8S2. The largest absolute Gasteiger partial charge is 0.305 e. The van der Waals surface area contributed by atoms with Crippen molar-refractivity contribution in [3.63, 3.8) is 0 Å². The number of nitrogens with two attached hydrogens (primary N) is 2. The van der Waals surface area contributed by atoms with E-state index < -0.39 is 20.0 Å². The van der Waals surface area contributed by atoms with Crippen LogP contribution in [-0.2, 0) is 39.4 Å². The van der Waals surface area contributed by atoms with Gasteiger partial charge in [0.1, 0.15) is 0 Å². The Morgan fingerprint density at radius 3 is 1.17 bits per heavy atom. The molecule has 4 N–H and O–H groups in total. The highest BCUT2D eigenvalue weighted by atomic mass is 32.2. The van der Waals surface area contributed by atoms with Crippen LogP contribution in [0.25, 0.3) is 0 Å². The van der Waals surface area contributed by atoms with Gasteiger partial charge in [0.05, 0.1) is 36.2 Å². The zero-order chi connectivity index (χ0) is 30.8. The Labute approximate surface area is 244 Å². The molecule has 0 heterocycles. The Morgan fingerprint density at radius 2 is 0.878 bits per heavy atom. The number of rotatable bonds is 18. The molecule has 0 atom stereocenters. The molecule has 0 aliphatic heterocycles. The minimum atomic E-state index is -4.01. The van der Waals surface area contributed by atoms with Crippen molar-refractivity contribution in [3.05, 3.63) is 57.6 Å². The molecule has 0 amide bonds. The second-order valence-electron chi connectivity index (χ2n) is 9.99. The van der Waals surface area contributed by atoms with Gasteiger partial charge < -0.3 is 9.68 Å². The van der Waals surface area contributed by atoms with Crippen LogP contribution in [0.1, 0.15) is 52.6 Å². The van der Waals surface area contributed by atoms with Crippen molar-refractivity contribution in [2.75, 3.05) is 39.5 Å². The van der Waals surface area contributed by atoms with Crippen LogP contribution in [0.5, 0.6) is 0 Å². The van der Waals surface area contributed by atoms with Crippen LogP contribution in [0.4, 0.5) is 0 Å². The predicted molar refractivity (Wildman–Crippen MR) is 155 cm³/mol. The van der Waals surface area contributed by atoms with E-state index in [1.54, 1.807) is 52.0 Å². The minimum Gasteiger partial charge on any atom is -0.305 e. The molecule has 2 rings (SSSR count). The molecule has 0 radical (unpaired) electrons. The third-order valence-electron chi connectivity index (χ3n) is 6.23. The fourth-order valence-corrected chi connectivity index (χ4v) is 8.24. The van der Waals surface area contributed by atoms with Crippen LogP contribution < -0.4 is 11.8 Å². The van der Waals surface area contributed by atoms with Gasteiger partial charge in [-0.2, -0.15) is 0 Å². The van der Waals surface area contributed by atoms with E-state index in [1.807, 2.05) is 13.8 Å². The summed E-state index contributed by atoms with van der Waals surface area (Å²) in [7, 11) is -8.02. The van der Waals surface area contributed by atoms with Crippen molar-refractivity contribution in [1.29, 1.82) is 0 Å². The Kier molecular flexibility index (Phi) is 13.8. The molecule has 0 saturated carbocycles. The third kappa shape index (κ3) is 9.51. The number of benzene rings is 2. The van der Waals surface area contributed by atoms with E-state index in [1.165, 1.54) is 0 Å². The van der Waals surface area contributed by atoms with E-state index in [-0.39, 0.29) is 55.7 Å². The van der Waals surface area contributed by atoms with Crippen LogP contribution >= 0.6 is 0 Å². The summed E-state index contributed by atoms with van der Waals surface area (Å²) >= 11 is 0. The molecule has 0 aliphatic carbocycles. The maximum Gasteiger partial charge on any atom is 0.265 e. The quantitative estimate of drug-likeness (QED) is 0.188. The molecule has 0 saturated heterocycles. The summed E-state index contributed by atoms with van der Waals surface area (Å²) in [6, 6.07) is 7.21. The average molecular weight is 617 g/mol. The predicted octanol–water partition coefficient (Wildman–Crippen LogP) is 3.03. The van der Waals surface area contributed by atoms with Crippen molar-refractivity contribution >= 4 is 20.0 Å². The van der Waals surface area contributed by atoms with Crippen molar-refractivity contribution < 1.29 is 36.2 Å². The molecule has 0 aromatic heterocycles. The monoisotopic (exact) mass is 616 g/mol. The number of hydrogen-bond donors (Lipinski definition) is 2. The van der Waals surface area contributed by atoms with E-state index in [2.05, 4.69) is 9.68 Å². The highest BCUT2D eigenvalue weighted by molar-refractivity contribution is 7.89. The van der Waals surface area contributed by atoms with Crippen LogP contribution in [0, 0.1) is 41.5 Å². The van der Waals surface area contributed by atoms with Crippen LogP contribution in [-0.4, -0.2) is 65.3 Å². The van der Waals surface area contributed by atoms with Gasteiger partial charge in [0.15, 0.2) is 0 Å². The van der Waals surface area contributed by atoms with Gasteiger partial charge in [0, 0.05) is 13.1 Å². The summed E-state index contributed by atoms with van der Waals surface area (Å²) in [5, 5.41) is 0. The van der Waals surface area contributed by atoms with Gasteiger partial charge in [-0.3, -0.25) is 9.68 Å². The average Bonchev–Trinajstić information content (AvgIpc) is 2.84. The van der Waals surface area contributed by atoms with Crippen molar-refractivity contribution in [1.82, 2.24) is 8.94 Å². The Morgan fingerprint density at radius 1 is 0.561 bits per heavy atom. The summed E-state index contributed by atoms with van der Waals surface area (Å²) in [5.41, 5.74) is 4.34. The lowest BCUT2D eigenvalue weighted by molar-refractivity contribution is -0.119. The molecule has 14 heteroatoms. The molecule has 232 valence electrons. The Bertz CT molecular complexity index is 1220. The number of sulfonamides is 2. The smallest absolute Gasteiger partial charge is 0.265 e. The van der Waals surface area contributed by atoms with Crippen LogP contribution in [0.3, 0.4) is 0 Å². The second-order valence-corrected chi connectivity index (χ2v) is 13.5. The first-order chi connectivity index (χ1) is 19.3. The first kappa shape index (κ1) is 35.2. The van der Waals surface area contributed by atoms with E-state index >= 15 is 0 Å². The van der Waals surface area contributed by atoms with Crippen molar-refractivity contribution in [2.24, 2.45) is 11.8 Å². The highest BCUT2D eigenvalue weighted by Crippen LogP contribution is 2.27. The van der Waals surface area contributed by atoms with E-state index in [0.29, 0.717) is 35.1 Å². The SMILES string of the molecule is Cc1cc(C)c(S(=O)(=O)N(CCCON)OCCCON(CCCON)S(=O)(=O)c2c(C)cc(C)cc2C)c(C)c1. The maximum absolute atomic E-state index is 13.6. The minimum absolute atomic E-state index is 0.0126. The van der Waals surface area contributed by atoms with E-state index in [4.69, 9.17) is 21.5 Å². The van der Waals surface area contributed by atoms with Gasteiger partial charge in [0.2, 0.25) is 0 Å². The van der Waals surface area contributed by atoms with Crippen LogP contribution in [0.2, 0.25) is 0 Å². The summed E-state index contributed by atoms with van der Waals surface area (Å²) in [6.45, 7) is 11.0. The summed E-state index contributed by atoms with van der Waals surface area (Å²) < 4.78 is 56.1. The molecule has 0 unspecified atom stereocenters. The first-order valence-electron chi connectivity index (χ1n) is 13.4. The number of aryl methyl sites for hydroxylation is 6. The van der Waals surface area contributed by atoms with Gasteiger partial charge in [-0.1, -0.05) is 44.3 Å². The lowest BCUT2D eigenvalue weighted by Gasteiger charge is -2.25. The number of hydroxylamine groups is 2. The zero-order valence-corrected chi connectivity index (χ0v) is 26.4. The van der Waals surface area contributed by atoms with Gasteiger partial charge in [-0.05, 0) is 83.1 Å². The van der Waals surface area contributed by atoms with Crippen molar-refractivity contribution in [2.45, 2.75) is 70.6 Å². The molecule has 0 fully saturated rings. The molecule has 0 bridgehead atoms. The molecule has 2 aromatic carbocycles. The lowest BCUT2D eigenvalue weighted by Crippen LogP contribution is -2.36. The fourth-order valence-electron chi connectivity index (χ4n) is 4.80. The third-order valence-corrected chi connectivity index (χ3v) is 10.2. The molecule has 0 aliphatic rings. The standard InChI is InChI=1S/C27H44N4O8S2/c1-20-16-22(3)26(23(4)17-20)40(32,33)30(10-7-12-36-28)38-14-9-15-39-31(11-8-13-37-29)41(34,35)27-24(5)18-21(2)19-25(27)6/h16-19H,7-15,28-29H2,1-6H3. The van der Waals surface area contributed by atoms with E-state index in [0.717, 1.165) is 20.1 Å². The molecular weight excluding hydrogens is 572 g/mol. The summed E-state index contributed by atoms with van der Waals surface area (Å²) in [4.78, 5) is 21.0. The zero-order valence-electron chi connectivity index (χ0n) is 24.8. The van der Waals surface area contributed by atoms with Gasteiger partial charge in [-0.15, -0.1) is 0 Å². The maximum atomic E-state index is 13.6. The van der Waals surface area contributed by atoms with Crippen molar-refractivity contribution in [3.8, 4) is 0 Å². The Balaban J connectivity index is 2.16. The summed E-state index contributed by atoms with van der Waals surface area (Å²) in [6.07, 6.45) is 0.817. The lowest BCUT2D eigenvalue weighted by atomic mass is 10.1. The topological polar surface area (TPSA) is 164 Å². The van der Waals surface area contributed by atoms with Gasteiger partial charge >= 0.3 is 0 Å². The highest BCUT2D eigenvalue weighted by Gasteiger charge is 2.30. The normalized spacial score (nSPS) is 12.5. The first-order valence-corrected chi connectivity index (χ1v) is 16.3.